The number of amides is 1. The average Bonchev–Trinajstić information content (AvgIpc) is 2.72. The molecular weight excluding hydrogens is 252 g/mol. The van der Waals surface area contributed by atoms with Crippen molar-refractivity contribution in [1.29, 1.82) is 0 Å². The molecule has 1 unspecified atom stereocenters. The maximum Gasteiger partial charge on any atom is 0.247 e. The molecule has 2 N–H and O–H groups in total. The predicted octanol–water partition coefficient (Wildman–Crippen LogP) is 2.09. The molecule has 20 heavy (non-hydrogen) atoms. The molecule has 0 saturated heterocycles. The average molecular weight is 270 g/mol. The minimum Gasteiger partial charge on any atom is -0.357 e. The first-order valence-corrected chi connectivity index (χ1v) is 6.80. The molecule has 1 aromatic heterocycles. The van der Waals surface area contributed by atoms with Gasteiger partial charge in [0.05, 0.1) is 5.69 Å². The normalized spacial score (nSPS) is 17.3. The maximum absolute atomic E-state index is 12.1. The van der Waals surface area contributed by atoms with Gasteiger partial charge in [-0.1, -0.05) is 30.3 Å². The van der Waals surface area contributed by atoms with E-state index in [1.165, 1.54) is 5.56 Å². The van der Waals surface area contributed by atoms with Crippen LogP contribution in [0.25, 0.3) is 0 Å². The summed E-state index contributed by atoms with van der Waals surface area (Å²) < 4.78 is 1.78. The van der Waals surface area contributed by atoms with E-state index in [4.69, 9.17) is 0 Å². The standard InChI is InChI=1S/C15H18N4O/c1-10-13-14(19(2)18-10)16-12(15(20)17-13)9-8-11-6-4-3-5-7-11/h3-7,12,16H,8-9H2,1-2H3,(H,17,20). The molecule has 5 heteroatoms. The van der Waals surface area contributed by atoms with Crippen LogP contribution in [0.4, 0.5) is 11.5 Å². The van der Waals surface area contributed by atoms with Gasteiger partial charge in [-0.3, -0.25) is 9.48 Å². The fourth-order valence-corrected chi connectivity index (χ4v) is 2.57. The number of aromatic nitrogens is 2. The molecule has 0 saturated carbocycles. The van der Waals surface area contributed by atoms with Crippen molar-refractivity contribution in [2.24, 2.45) is 7.05 Å². The van der Waals surface area contributed by atoms with Crippen molar-refractivity contribution < 1.29 is 4.79 Å². The second kappa shape index (κ2) is 5.00. The number of rotatable bonds is 3. The van der Waals surface area contributed by atoms with Gasteiger partial charge in [-0.05, 0) is 25.3 Å². The highest BCUT2D eigenvalue weighted by Crippen LogP contribution is 2.30. The van der Waals surface area contributed by atoms with Gasteiger partial charge in [-0.15, -0.1) is 0 Å². The number of anilines is 2. The smallest absolute Gasteiger partial charge is 0.247 e. The van der Waals surface area contributed by atoms with E-state index in [0.717, 1.165) is 30.0 Å². The van der Waals surface area contributed by atoms with Crippen molar-refractivity contribution in [2.75, 3.05) is 10.6 Å². The van der Waals surface area contributed by atoms with Gasteiger partial charge in [-0.25, -0.2) is 0 Å². The van der Waals surface area contributed by atoms with Crippen molar-refractivity contribution in [2.45, 2.75) is 25.8 Å². The summed E-state index contributed by atoms with van der Waals surface area (Å²) in [4.78, 5) is 12.1. The minimum atomic E-state index is -0.211. The Morgan fingerprint density at radius 2 is 2.05 bits per heavy atom. The second-order valence-corrected chi connectivity index (χ2v) is 5.14. The van der Waals surface area contributed by atoms with E-state index in [2.05, 4.69) is 27.9 Å². The number of aryl methyl sites for hydroxylation is 3. The molecule has 104 valence electrons. The lowest BCUT2D eigenvalue weighted by Crippen LogP contribution is -2.39. The van der Waals surface area contributed by atoms with Crippen LogP contribution < -0.4 is 10.6 Å². The molecule has 1 aromatic carbocycles. The number of carbonyl (C=O) groups excluding carboxylic acids is 1. The molecule has 3 rings (SSSR count). The number of benzene rings is 1. The van der Waals surface area contributed by atoms with Crippen molar-refractivity contribution in [1.82, 2.24) is 9.78 Å². The van der Waals surface area contributed by atoms with Crippen LogP contribution in [0.1, 0.15) is 17.7 Å². The Bertz CT molecular complexity index is 633. The molecule has 1 atom stereocenters. The van der Waals surface area contributed by atoms with Crippen LogP contribution >= 0.6 is 0 Å². The third kappa shape index (κ3) is 2.27. The first-order valence-electron chi connectivity index (χ1n) is 6.80. The Labute approximate surface area is 118 Å². The van der Waals surface area contributed by atoms with E-state index in [0.29, 0.717) is 0 Å². The highest BCUT2D eigenvalue weighted by molar-refractivity contribution is 6.02. The lowest BCUT2D eigenvalue weighted by atomic mass is 10.0. The van der Waals surface area contributed by atoms with Gasteiger partial charge >= 0.3 is 0 Å². The summed E-state index contributed by atoms with van der Waals surface area (Å²) in [6.07, 6.45) is 1.64. The first-order chi connectivity index (χ1) is 9.65. The number of hydrogen-bond donors (Lipinski definition) is 2. The summed E-state index contributed by atoms with van der Waals surface area (Å²) in [6, 6.07) is 10.00. The topological polar surface area (TPSA) is 59.0 Å². The zero-order valence-electron chi connectivity index (χ0n) is 11.7. The SMILES string of the molecule is Cc1nn(C)c2c1NC(=O)C(CCc1ccccc1)N2. The second-order valence-electron chi connectivity index (χ2n) is 5.14. The van der Waals surface area contributed by atoms with Gasteiger partial charge in [0.25, 0.3) is 0 Å². The van der Waals surface area contributed by atoms with Crippen LogP contribution in [0.5, 0.6) is 0 Å². The number of nitrogens with one attached hydrogen (secondary N) is 2. The van der Waals surface area contributed by atoms with Gasteiger partial charge in [0.15, 0.2) is 0 Å². The van der Waals surface area contributed by atoms with Crippen LogP contribution in [0, 0.1) is 6.92 Å². The van der Waals surface area contributed by atoms with E-state index in [9.17, 15) is 4.79 Å². The van der Waals surface area contributed by atoms with Gasteiger partial charge in [0.1, 0.15) is 17.5 Å². The number of nitrogens with zero attached hydrogens (tertiary/aromatic N) is 2. The van der Waals surface area contributed by atoms with Gasteiger partial charge in [0.2, 0.25) is 5.91 Å². The third-order valence-corrected chi connectivity index (χ3v) is 3.66. The molecule has 0 spiro atoms. The van der Waals surface area contributed by atoms with E-state index >= 15 is 0 Å². The third-order valence-electron chi connectivity index (χ3n) is 3.66. The van der Waals surface area contributed by atoms with Gasteiger partial charge in [0, 0.05) is 7.05 Å². The number of hydrogen-bond acceptors (Lipinski definition) is 3. The fraction of sp³-hybridized carbons (Fsp3) is 0.333. The highest BCUT2D eigenvalue weighted by Gasteiger charge is 2.29. The summed E-state index contributed by atoms with van der Waals surface area (Å²) in [6.45, 7) is 1.89. The zero-order chi connectivity index (χ0) is 14.1. The molecule has 1 aliphatic heterocycles. The lowest BCUT2D eigenvalue weighted by molar-refractivity contribution is -0.117. The zero-order valence-corrected chi connectivity index (χ0v) is 11.7. The largest absolute Gasteiger partial charge is 0.357 e. The summed E-state index contributed by atoms with van der Waals surface area (Å²) in [5.41, 5.74) is 2.88. The van der Waals surface area contributed by atoms with Crippen LogP contribution in [-0.2, 0) is 18.3 Å². The van der Waals surface area contributed by atoms with Crippen LogP contribution in [-0.4, -0.2) is 21.7 Å². The Hall–Kier alpha value is -2.30. The Morgan fingerprint density at radius 1 is 1.30 bits per heavy atom. The Morgan fingerprint density at radius 3 is 2.80 bits per heavy atom. The van der Waals surface area contributed by atoms with E-state index in [-0.39, 0.29) is 11.9 Å². The molecule has 0 fully saturated rings. The van der Waals surface area contributed by atoms with Crippen LogP contribution in [0.15, 0.2) is 30.3 Å². The van der Waals surface area contributed by atoms with Crippen LogP contribution in [0.3, 0.4) is 0 Å². The summed E-state index contributed by atoms with van der Waals surface area (Å²) in [5, 5.41) is 10.6. The van der Waals surface area contributed by atoms with Crippen LogP contribution in [0.2, 0.25) is 0 Å². The van der Waals surface area contributed by atoms with E-state index in [1.807, 2.05) is 32.2 Å². The maximum atomic E-state index is 12.1. The highest BCUT2D eigenvalue weighted by atomic mass is 16.2. The predicted molar refractivity (Wildman–Crippen MR) is 78.7 cm³/mol. The number of fused-ring (bicyclic) bond motifs is 1. The fourth-order valence-electron chi connectivity index (χ4n) is 2.57. The molecule has 0 aliphatic carbocycles. The van der Waals surface area contributed by atoms with Crippen molar-refractivity contribution >= 4 is 17.4 Å². The molecule has 1 aliphatic rings. The Kier molecular flexibility index (Phi) is 3.18. The van der Waals surface area contributed by atoms with E-state index < -0.39 is 0 Å². The number of carbonyl (C=O) groups is 1. The molecular formula is C15H18N4O. The molecule has 0 radical (unpaired) electrons. The lowest BCUT2D eigenvalue weighted by Gasteiger charge is -2.25. The summed E-state index contributed by atoms with van der Waals surface area (Å²) in [5.74, 6) is 0.907. The Balaban J connectivity index is 1.73. The monoisotopic (exact) mass is 270 g/mol. The van der Waals surface area contributed by atoms with Gasteiger partial charge in [-0.2, -0.15) is 5.10 Å². The first kappa shape index (κ1) is 12.7. The summed E-state index contributed by atoms with van der Waals surface area (Å²) >= 11 is 0. The van der Waals surface area contributed by atoms with Crippen molar-refractivity contribution in [3.63, 3.8) is 0 Å². The molecule has 2 aromatic rings. The summed E-state index contributed by atoms with van der Waals surface area (Å²) in [7, 11) is 1.88. The quantitative estimate of drug-likeness (QED) is 0.898. The molecule has 0 bridgehead atoms. The molecule has 1 amide bonds. The molecule has 2 heterocycles. The van der Waals surface area contributed by atoms with Crippen molar-refractivity contribution in [3.8, 4) is 0 Å². The molecule has 5 nitrogen and oxygen atoms in total. The minimum absolute atomic E-state index is 0.0181. The van der Waals surface area contributed by atoms with Gasteiger partial charge < -0.3 is 10.6 Å². The van der Waals surface area contributed by atoms with E-state index in [1.54, 1.807) is 4.68 Å². The van der Waals surface area contributed by atoms with Crippen molar-refractivity contribution in [3.05, 3.63) is 41.6 Å².